The van der Waals surface area contributed by atoms with Crippen LogP contribution in [-0.4, -0.2) is 36.0 Å². The Morgan fingerprint density at radius 3 is 2.59 bits per heavy atom. The van der Waals surface area contributed by atoms with E-state index >= 15 is 0 Å². The van der Waals surface area contributed by atoms with E-state index in [1.807, 2.05) is 6.07 Å². The quantitative estimate of drug-likeness (QED) is 0.794. The summed E-state index contributed by atoms with van der Waals surface area (Å²) in [6, 6.07) is 8.78. The predicted molar refractivity (Wildman–Crippen MR) is 83.4 cm³/mol. The number of carbonyl (C=O) groups is 2. The van der Waals surface area contributed by atoms with Crippen molar-refractivity contribution in [3.63, 3.8) is 0 Å². The molecule has 1 aliphatic heterocycles. The van der Waals surface area contributed by atoms with Crippen molar-refractivity contribution in [2.75, 3.05) is 12.4 Å². The Kier molecular flexibility index (Phi) is 5.47. The molecule has 1 aliphatic rings. The third-order valence-corrected chi connectivity index (χ3v) is 4.02. The van der Waals surface area contributed by atoms with Crippen molar-refractivity contribution in [1.82, 2.24) is 0 Å². The normalized spacial score (nSPS) is 21.4. The minimum Gasteiger partial charge on any atom is -0.458 e. The lowest BCUT2D eigenvalue weighted by Gasteiger charge is -2.20. The molecule has 0 radical (unpaired) electrons. The van der Waals surface area contributed by atoms with Gasteiger partial charge in [-0.05, 0) is 32.9 Å². The number of benzene rings is 1. The maximum atomic E-state index is 11.8. The van der Waals surface area contributed by atoms with Crippen molar-refractivity contribution in [2.45, 2.75) is 32.5 Å². The molecule has 2 atom stereocenters. The Labute approximate surface area is 134 Å². The van der Waals surface area contributed by atoms with E-state index in [0.717, 1.165) is 0 Å². The third kappa shape index (κ3) is 4.74. The third-order valence-electron chi connectivity index (χ3n) is 2.93. The van der Waals surface area contributed by atoms with Gasteiger partial charge in [-0.15, -0.1) is 11.8 Å². The molecular formula is C16H20O5S. The molecule has 120 valence electrons. The molecule has 2 rings (SSSR count). The summed E-state index contributed by atoms with van der Waals surface area (Å²) < 4.78 is 16.0. The standard InChI is InChI=1S/C16H20O5S/c1-16(2,3)15(18)21-12-10-22-13(20-12)9-19-14(17)11-7-5-4-6-8-11/h4-8,12-13H,9-10H2,1-3H3/t12-,13-/m1/s1. The fourth-order valence-corrected chi connectivity index (χ4v) is 2.57. The molecule has 1 heterocycles. The summed E-state index contributed by atoms with van der Waals surface area (Å²) in [5.74, 6) is -0.157. The van der Waals surface area contributed by atoms with Crippen LogP contribution in [0.3, 0.4) is 0 Å². The number of thioether (sulfide) groups is 1. The van der Waals surface area contributed by atoms with E-state index in [4.69, 9.17) is 14.2 Å². The van der Waals surface area contributed by atoms with Gasteiger partial charge >= 0.3 is 11.9 Å². The second kappa shape index (κ2) is 7.15. The molecule has 0 unspecified atom stereocenters. The van der Waals surface area contributed by atoms with Crippen LogP contribution in [0.2, 0.25) is 0 Å². The molecule has 0 saturated carbocycles. The fourth-order valence-electron chi connectivity index (χ4n) is 1.68. The number of carbonyl (C=O) groups excluding carboxylic acids is 2. The van der Waals surface area contributed by atoms with Gasteiger partial charge in [0, 0.05) is 0 Å². The zero-order valence-corrected chi connectivity index (χ0v) is 13.7. The first-order valence-corrected chi connectivity index (χ1v) is 8.11. The monoisotopic (exact) mass is 324 g/mol. The van der Waals surface area contributed by atoms with Gasteiger partial charge < -0.3 is 14.2 Å². The van der Waals surface area contributed by atoms with Crippen LogP contribution in [0.4, 0.5) is 0 Å². The first-order chi connectivity index (χ1) is 10.4. The average molecular weight is 324 g/mol. The predicted octanol–water partition coefficient (Wildman–Crippen LogP) is 2.85. The second-order valence-corrected chi connectivity index (χ2v) is 7.14. The van der Waals surface area contributed by atoms with Crippen molar-refractivity contribution in [1.29, 1.82) is 0 Å². The van der Waals surface area contributed by atoms with Crippen molar-refractivity contribution in [3.05, 3.63) is 35.9 Å². The van der Waals surface area contributed by atoms with Crippen molar-refractivity contribution in [2.24, 2.45) is 5.41 Å². The Morgan fingerprint density at radius 1 is 1.27 bits per heavy atom. The number of esters is 2. The van der Waals surface area contributed by atoms with Gasteiger partial charge in [0.25, 0.3) is 0 Å². The van der Waals surface area contributed by atoms with Crippen LogP contribution in [0, 0.1) is 5.41 Å². The van der Waals surface area contributed by atoms with Crippen LogP contribution in [0.1, 0.15) is 31.1 Å². The lowest BCUT2D eigenvalue weighted by molar-refractivity contribution is -0.183. The molecule has 0 bridgehead atoms. The van der Waals surface area contributed by atoms with Crippen LogP contribution >= 0.6 is 11.8 Å². The lowest BCUT2D eigenvalue weighted by atomic mass is 9.97. The number of rotatable bonds is 4. The van der Waals surface area contributed by atoms with Crippen molar-refractivity contribution >= 4 is 23.7 Å². The maximum Gasteiger partial charge on any atom is 0.338 e. The zero-order valence-electron chi connectivity index (χ0n) is 12.9. The Morgan fingerprint density at radius 2 is 1.95 bits per heavy atom. The number of ether oxygens (including phenoxy) is 3. The minimum absolute atomic E-state index is 0.127. The van der Waals surface area contributed by atoms with E-state index in [1.54, 1.807) is 45.0 Å². The largest absolute Gasteiger partial charge is 0.458 e. The van der Waals surface area contributed by atoms with Gasteiger partial charge in [-0.2, -0.15) is 0 Å². The van der Waals surface area contributed by atoms with Crippen molar-refractivity contribution in [3.8, 4) is 0 Å². The van der Waals surface area contributed by atoms with E-state index in [-0.39, 0.29) is 24.0 Å². The molecule has 0 aliphatic carbocycles. The molecule has 0 spiro atoms. The fraction of sp³-hybridized carbons (Fsp3) is 0.500. The molecule has 1 saturated heterocycles. The first kappa shape index (κ1) is 16.8. The Balaban J connectivity index is 1.75. The molecule has 0 aromatic heterocycles. The molecule has 0 amide bonds. The molecule has 22 heavy (non-hydrogen) atoms. The van der Waals surface area contributed by atoms with Gasteiger partial charge in [0.05, 0.1) is 16.7 Å². The zero-order chi connectivity index (χ0) is 16.2. The molecule has 1 aromatic carbocycles. The van der Waals surface area contributed by atoms with Gasteiger partial charge in [0.1, 0.15) is 12.0 Å². The molecule has 1 fully saturated rings. The molecular weight excluding hydrogens is 304 g/mol. The summed E-state index contributed by atoms with van der Waals surface area (Å²) >= 11 is 1.46. The smallest absolute Gasteiger partial charge is 0.338 e. The first-order valence-electron chi connectivity index (χ1n) is 7.06. The van der Waals surface area contributed by atoms with Gasteiger partial charge in [-0.1, -0.05) is 18.2 Å². The molecule has 0 N–H and O–H groups in total. The van der Waals surface area contributed by atoms with Gasteiger partial charge in [-0.25, -0.2) is 4.79 Å². The highest BCUT2D eigenvalue weighted by Gasteiger charge is 2.33. The number of hydrogen-bond donors (Lipinski definition) is 0. The van der Waals surface area contributed by atoms with E-state index < -0.39 is 11.7 Å². The summed E-state index contributed by atoms with van der Waals surface area (Å²) in [7, 11) is 0. The van der Waals surface area contributed by atoms with Gasteiger partial charge in [-0.3, -0.25) is 4.79 Å². The SMILES string of the molecule is CC(C)(C)C(=O)O[C@@H]1CS[C@H](COC(=O)c2ccccc2)O1. The topological polar surface area (TPSA) is 61.8 Å². The number of hydrogen-bond acceptors (Lipinski definition) is 6. The van der Waals surface area contributed by atoms with Crippen LogP contribution in [0.25, 0.3) is 0 Å². The van der Waals surface area contributed by atoms with Crippen LogP contribution in [0.15, 0.2) is 30.3 Å². The van der Waals surface area contributed by atoms with E-state index in [1.165, 1.54) is 11.8 Å². The van der Waals surface area contributed by atoms with Gasteiger partial charge in [0.15, 0.2) is 0 Å². The lowest BCUT2D eigenvalue weighted by Crippen LogP contribution is -2.30. The summed E-state index contributed by atoms with van der Waals surface area (Å²) in [4.78, 5) is 23.6. The van der Waals surface area contributed by atoms with E-state index in [9.17, 15) is 9.59 Å². The van der Waals surface area contributed by atoms with E-state index in [0.29, 0.717) is 11.3 Å². The average Bonchev–Trinajstić information content (AvgIpc) is 2.92. The summed E-state index contributed by atoms with van der Waals surface area (Å²) in [5, 5.41) is 0. The molecule has 6 heteroatoms. The summed E-state index contributed by atoms with van der Waals surface area (Å²) in [6.45, 7) is 5.49. The van der Waals surface area contributed by atoms with Crippen molar-refractivity contribution < 1.29 is 23.8 Å². The van der Waals surface area contributed by atoms with Gasteiger partial charge in [0.2, 0.25) is 6.29 Å². The maximum absolute atomic E-state index is 11.8. The van der Waals surface area contributed by atoms with Crippen LogP contribution < -0.4 is 0 Å². The minimum atomic E-state index is -0.586. The van der Waals surface area contributed by atoms with Crippen LogP contribution in [-0.2, 0) is 19.0 Å². The summed E-state index contributed by atoms with van der Waals surface area (Å²) in [6.07, 6.45) is -0.586. The summed E-state index contributed by atoms with van der Waals surface area (Å²) in [5.41, 5.74) is -0.377. The highest BCUT2D eigenvalue weighted by atomic mass is 32.2. The van der Waals surface area contributed by atoms with Crippen LogP contribution in [0.5, 0.6) is 0 Å². The van der Waals surface area contributed by atoms with E-state index in [2.05, 4.69) is 0 Å². The highest BCUT2D eigenvalue weighted by molar-refractivity contribution is 8.00. The second-order valence-electron chi connectivity index (χ2n) is 5.95. The highest BCUT2D eigenvalue weighted by Crippen LogP contribution is 2.28. The Hall–Kier alpha value is -1.53. The molecule has 5 nitrogen and oxygen atoms in total. The molecule has 1 aromatic rings. The Bertz CT molecular complexity index is 523.